The third kappa shape index (κ3) is 4.44. The summed E-state index contributed by atoms with van der Waals surface area (Å²) in [5.41, 5.74) is 2.70. The molecule has 4 nitrogen and oxygen atoms in total. The highest BCUT2D eigenvalue weighted by Gasteiger charge is 2.09. The Kier molecular flexibility index (Phi) is 4.77. The first-order valence-electron chi connectivity index (χ1n) is 6.52. The third-order valence-electron chi connectivity index (χ3n) is 3.00. The van der Waals surface area contributed by atoms with Gasteiger partial charge in [0.1, 0.15) is 0 Å². The summed E-state index contributed by atoms with van der Waals surface area (Å²) in [6, 6.07) is 17.3. The van der Waals surface area contributed by atoms with Crippen molar-refractivity contribution in [3.63, 3.8) is 0 Å². The van der Waals surface area contributed by atoms with Gasteiger partial charge in [0.15, 0.2) is 0 Å². The largest absolute Gasteiger partial charge is 0.338 e. The average molecular weight is 302 g/mol. The standard InChI is InChI=1S/C16H18N2O2S/c1-2-12-18(15-6-4-3-5-7-15)16-10-8-14(9-11-16)13-21(17,19)20/h2-11H,1,12-13H2,(H2,17,19,20). The Balaban J connectivity index is 2.28. The van der Waals surface area contributed by atoms with Gasteiger partial charge in [-0.05, 0) is 29.8 Å². The Morgan fingerprint density at radius 2 is 1.57 bits per heavy atom. The molecule has 0 unspecified atom stereocenters. The molecule has 2 N–H and O–H groups in total. The topological polar surface area (TPSA) is 63.4 Å². The van der Waals surface area contributed by atoms with E-state index in [1.54, 1.807) is 12.1 Å². The van der Waals surface area contributed by atoms with Crippen LogP contribution < -0.4 is 10.0 Å². The molecule has 0 aliphatic carbocycles. The number of primary sulfonamides is 1. The van der Waals surface area contributed by atoms with Gasteiger partial charge in [-0.15, -0.1) is 6.58 Å². The van der Waals surface area contributed by atoms with E-state index in [0.717, 1.165) is 11.4 Å². The Hall–Kier alpha value is -2.11. The van der Waals surface area contributed by atoms with Crippen molar-refractivity contribution in [3.05, 3.63) is 72.8 Å². The zero-order valence-electron chi connectivity index (χ0n) is 11.6. The summed E-state index contributed by atoms with van der Waals surface area (Å²) in [5.74, 6) is -0.153. The maximum Gasteiger partial charge on any atom is 0.213 e. The number of anilines is 2. The summed E-state index contributed by atoms with van der Waals surface area (Å²) in [4.78, 5) is 2.09. The lowest BCUT2D eigenvalue weighted by atomic mass is 10.2. The minimum Gasteiger partial charge on any atom is -0.338 e. The van der Waals surface area contributed by atoms with E-state index < -0.39 is 10.0 Å². The molecule has 0 spiro atoms. The lowest BCUT2D eigenvalue weighted by Gasteiger charge is -2.23. The lowest BCUT2D eigenvalue weighted by Crippen LogP contribution is -2.17. The van der Waals surface area contributed by atoms with E-state index in [-0.39, 0.29) is 5.75 Å². The number of nitrogens with two attached hydrogens (primary N) is 1. The molecule has 0 fully saturated rings. The fourth-order valence-electron chi connectivity index (χ4n) is 2.10. The molecule has 0 aliphatic rings. The number of rotatable bonds is 6. The average Bonchev–Trinajstić information content (AvgIpc) is 2.45. The molecule has 5 heteroatoms. The summed E-state index contributed by atoms with van der Waals surface area (Å²) in [7, 11) is -3.50. The van der Waals surface area contributed by atoms with Crippen LogP contribution in [0.1, 0.15) is 5.56 Å². The van der Waals surface area contributed by atoms with Gasteiger partial charge in [-0.2, -0.15) is 0 Å². The Morgan fingerprint density at radius 3 is 2.10 bits per heavy atom. The third-order valence-corrected chi connectivity index (χ3v) is 3.73. The van der Waals surface area contributed by atoms with Crippen molar-refractivity contribution >= 4 is 21.4 Å². The molecular weight excluding hydrogens is 284 g/mol. The highest BCUT2D eigenvalue weighted by Crippen LogP contribution is 2.25. The zero-order valence-corrected chi connectivity index (χ0v) is 12.5. The van der Waals surface area contributed by atoms with Gasteiger partial charge >= 0.3 is 0 Å². The normalized spacial score (nSPS) is 11.1. The maximum atomic E-state index is 11.1. The molecule has 0 heterocycles. The van der Waals surface area contributed by atoms with E-state index >= 15 is 0 Å². The molecule has 0 saturated carbocycles. The molecule has 0 atom stereocenters. The SMILES string of the molecule is C=CCN(c1ccccc1)c1ccc(CS(N)(=O)=O)cc1. The van der Waals surface area contributed by atoms with Crippen LogP contribution in [-0.4, -0.2) is 15.0 Å². The number of hydrogen-bond acceptors (Lipinski definition) is 3. The molecule has 0 aliphatic heterocycles. The Morgan fingerprint density at radius 1 is 1.00 bits per heavy atom. The second-order valence-corrected chi connectivity index (χ2v) is 6.32. The van der Waals surface area contributed by atoms with Crippen molar-refractivity contribution < 1.29 is 8.42 Å². The molecule has 21 heavy (non-hydrogen) atoms. The molecule has 2 aromatic carbocycles. The molecule has 0 radical (unpaired) electrons. The number of sulfonamides is 1. The summed E-state index contributed by atoms with van der Waals surface area (Å²) >= 11 is 0. The smallest absolute Gasteiger partial charge is 0.213 e. The van der Waals surface area contributed by atoms with Gasteiger partial charge in [0.05, 0.1) is 5.75 Å². The number of nitrogens with zero attached hydrogens (tertiary/aromatic N) is 1. The first kappa shape index (κ1) is 15.3. The van der Waals surface area contributed by atoms with Crippen LogP contribution >= 0.6 is 0 Å². The highest BCUT2D eigenvalue weighted by molar-refractivity contribution is 7.88. The van der Waals surface area contributed by atoms with Gasteiger partial charge in [-0.25, -0.2) is 13.6 Å². The van der Waals surface area contributed by atoms with Crippen LogP contribution in [0.15, 0.2) is 67.3 Å². The molecule has 110 valence electrons. The summed E-state index contributed by atoms with van der Waals surface area (Å²) in [6.45, 7) is 4.45. The van der Waals surface area contributed by atoms with E-state index in [1.165, 1.54) is 0 Å². The molecule has 0 bridgehead atoms. The van der Waals surface area contributed by atoms with Crippen LogP contribution in [0.5, 0.6) is 0 Å². The van der Waals surface area contributed by atoms with E-state index in [2.05, 4.69) is 11.5 Å². The second-order valence-electron chi connectivity index (χ2n) is 4.71. The maximum absolute atomic E-state index is 11.1. The van der Waals surface area contributed by atoms with Crippen LogP contribution in [0.4, 0.5) is 11.4 Å². The highest BCUT2D eigenvalue weighted by atomic mass is 32.2. The number of para-hydroxylation sites is 1. The fraction of sp³-hybridized carbons (Fsp3) is 0.125. The monoisotopic (exact) mass is 302 g/mol. The molecule has 0 amide bonds. The predicted molar refractivity (Wildman–Crippen MR) is 86.9 cm³/mol. The van der Waals surface area contributed by atoms with E-state index in [4.69, 9.17) is 5.14 Å². The van der Waals surface area contributed by atoms with Gasteiger partial charge in [0.2, 0.25) is 10.0 Å². The van der Waals surface area contributed by atoms with Crippen LogP contribution in [0, 0.1) is 0 Å². The number of hydrogen-bond donors (Lipinski definition) is 1. The van der Waals surface area contributed by atoms with Crippen molar-refractivity contribution in [2.45, 2.75) is 5.75 Å². The molecular formula is C16H18N2O2S. The van der Waals surface area contributed by atoms with Gasteiger partial charge in [0.25, 0.3) is 0 Å². The summed E-state index contributed by atoms with van der Waals surface area (Å²) in [6.07, 6.45) is 1.82. The summed E-state index contributed by atoms with van der Waals surface area (Å²) < 4.78 is 22.2. The molecule has 0 saturated heterocycles. The number of benzene rings is 2. The van der Waals surface area contributed by atoms with Crippen LogP contribution in [0.3, 0.4) is 0 Å². The van der Waals surface area contributed by atoms with Crippen LogP contribution in [-0.2, 0) is 15.8 Å². The molecule has 2 aromatic rings. The van der Waals surface area contributed by atoms with Crippen molar-refractivity contribution in [2.24, 2.45) is 5.14 Å². The lowest BCUT2D eigenvalue weighted by molar-refractivity contribution is 0.597. The van der Waals surface area contributed by atoms with Crippen molar-refractivity contribution in [3.8, 4) is 0 Å². The van der Waals surface area contributed by atoms with Gasteiger partial charge in [-0.1, -0.05) is 36.4 Å². The van der Waals surface area contributed by atoms with Crippen molar-refractivity contribution in [1.82, 2.24) is 0 Å². The molecule has 2 rings (SSSR count). The minimum absolute atomic E-state index is 0.153. The Labute approximate surface area is 125 Å². The van der Waals surface area contributed by atoms with Gasteiger partial charge in [0, 0.05) is 17.9 Å². The van der Waals surface area contributed by atoms with Crippen molar-refractivity contribution in [1.29, 1.82) is 0 Å². The van der Waals surface area contributed by atoms with Crippen LogP contribution in [0.25, 0.3) is 0 Å². The fourth-order valence-corrected chi connectivity index (χ4v) is 2.76. The first-order valence-corrected chi connectivity index (χ1v) is 8.24. The van der Waals surface area contributed by atoms with Gasteiger partial charge < -0.3 is 4.90 Å². The van der Waals surface area contributed by atoms with E-state index in [9.17, 15) is 8.42 Å². The quantitative estimate of drug-likeness (QED) is 0.835. The first-order chi connectivity index (χ1) is 9.99. The van der Waals surface area contributed by atoms with Crippen molar-refractivity contribution in [2.75, 3.05) is 11.4 Å². The predicted octanol–water partition coefficient (Wildman–Crippen LogP) is 2.80. The van der Waals surface area contributed by atoms with Crippen LogP contribution in [0.2, 0.25) is 0 Å². The minimum atomic E-state index is -3.50. The Bertz CT molecular complexity index is 695. The van der Waals surface area contributed by atoms with Gasteiger partial charge in [-0.3, -0.25) is 0 Å². The zero-order chi connectivity index (χ0) is 15.3. The summed E-state index contributed by atoms with van der Waals surface area (Å²) in [5, 5.41) is 5.05. The van der Waals surface area contributed by atoms with E-state index in [1.807, 2.05) is 48.5 Å². The second kappa shape index (κ2) is 6.56. The van der Waals surface area contributed by atoms with E-state index in [0.29, 0.717) is 12.1 Å². The molecule has 0 aromatic heterocycles.